The topological polar surface area (TPSA) is 9.23 Å². The van der Waals surface area contributed by atoms with Gasteiger partial charge >= 0.3 is 23.9 Å². The molecule has 0 N–H and O–H groups in total. The van der Waals surface area contributed by atoms with E-state index in [1.807, 2.05) is 0 Å². The van der Waals surface area contributed by atoms with Crippen molar-refractivity contribution in [2.45, 2.75) is 43.2 Å². The van der Waals surface area contributed by atoms with Gasteiger partial charge < -0.3 is 4.74 Å². The highest BCUT2D eigenvalue weighted by molar-refractivity contribution is 9.10. The molecule has 0 saturated carbocycles. The highest BCUT2D eigenvalue weighted by Gasteiger charge is 2.81. The van der Waals surface area contributed by atoms with Gasteiger partial charge in [0, 0.05) is 10.9 Å². The summed E-state index contributed by atoms with van der Waals surface area (Å²) in [5, 5.41) is 0. The first-order valence-electron chi connectivity index (χ1n) is 6.91. The molecule has 1 aromatic carbocycles. The lowest BCUT2D eigenvalue weighted by Crippen LogP contribution is -2.60. The molecule has 0 aliphatic carbocycles. The Bertz CT molecular complexity index is 614. The molecule has 1 aromatic rings. The van der Waals surface area contributed by atoms with Gasteiger partial charge in [0.25, 0.3) is 0 Å². The number of unbranched alkanes of at least 4 members (excludes halogenated alkanes) is 1. The van der Waals surface area contributed by atoms with Gasteiger partial charge in [-0.05, 0) is 31.0 Å². The van der Waals surface area contributed by atoms with Crippen LogP contribution in [-0.4, -0.2) is 30.6 Å². The second kappa shape index (κ2) is 7.81. The van der Waals surface area contributed by atoms with E-state index in [9.17, 15) is 43.9 Å². The summed E-state index contributed by atoms with van der Waals surface area (Å²) in [5.74, 6) is -20.2. The Kier molecular flexibility index (Phi) is 6.86. The second-order valence-electron chi connectivity index (χ2n) is 5.23. The van der Waals surface area contributed by atoms with Crippen molar-refractivity contribution in [3.05, 3.63) is 28.5 Å². The van der Waals surface area contributed by atoms with Crippen LogP contribution in [0.4, 0.5) is 43.9 Å². The van der Waals surface area contributed by atoms with Crippen LogP contribution in [0.2, 0.25) is 0 Å². The Morgan fingerprint density at radius 3 is 1.92 bits per heavy atom. The van der Waals surface area contributed by atoms with Crippen LogP contribution in [-0.2, 0) is 0 Å². The van der Waals surface area contributed by atoms with Crippen molar-refractivity contribution in [3.8, 4) is 5.75 Å². The minimum atomic E-state index is -6.89. The first-order valence-corrected chi connectivity index (χ1v) is 7.71. The summed E-state index contributed by atoms with van der Waals surface area (Å²) < 4.78 is 132. The SMILES string of the molecule is Fc1cc(Br)ccc1OCCCCC(F)(F)C(F)(F)C(F)(F)C(F)(F)F. The lowest BCUT2D eigenvalue weighted by atomic mass is 9.99. The van der Waals surface area contributed by atoms with E-state index in [0.29, 0.717) is 4.47 Å². The quantitative estimate of drug-likeness (QED) is 0.311. The average Bonchev–Trinajstić information content (AvgIpc) is 2.47. The summed E-state index contributed by atoms with van der Waals surface area (Å²) in [6.45, 7) is -0.435. The van der Waals surface area contributed by atoms with Gasteiger partial charge in [0.15, 0.2) is 11.6 Å². The van der Waals surface area contributed by atoms with Crippen LogP contribution >= 0.6 is 15.9 Å². The molecule has 0 heterocycles. The molecule has 0 aliphatic heterocycles. The van der Waals surface area contributed by atoms with Crippen LogP contribution in [0.15, 0.2) is 22.7 Å². The monoisotopic (exact) mass is 464 g/mol. The maximum Gasteiger partial charge on any atom is 0.460 e. The fourth-order valence-electron chi connectivity index (χ4n) is 1.79. The molecule has 0 saturated heterocycles. The summed E-state index contributed by atoms with van der Waals surface area (Å²) in [5.41, 5.74) is 0. The molecular weight excluding hydrogens is 454 g/mol. The molecule has 0 radical (unpaired) electrons. The number of benzene rings is 1. The fourth-order valence-corrected chi connectivity index (χ4v) is 2.12. The lowest BCUT2D eigenvalue weighted by Gasteiger charge is -2.33. The molecule has 26 heavy (non-hydrogen) atoms. The molecule has 0 unspecified atom stereocenters. The van der Waals surface area contributed by atoms with Gasteiger partial charge in [0.1, 0.15) is 0 Å². The first kappa shape index (κ1) is 22.8. The zero-order chi connectivity index (χ0) is 20.4. The van der Waals surface area contributed by atoms with Crippen LogP contribution in [0.3, 0.4) is 0 Å². The standard InChI is InChI=1S/C14H11BrF10O/c15-8-3-4-10(9(16)7-8)26-6-2-1-5-11(17,18)12(19,20)13(21,22)14(23,24)25/h3-4,7H,1-2,5-6H2. The molecule has 0 aliphatic rings. The smallest absolute Gasteiger partial charge is 0.460 e. The van der Waals surface area contributed by atoms with Crippen molar-refractivity contribution < 1.29 is 48.6 Å². The average molecular weight is 465 g/mol. The van der Waals surface area contributed by atoms with Crippen LogP contribution in [0, 0.1) is 5.82 Å². The molecule has 0 fully saturated rings. The van der Waals surface area contributed by atoms with E-state index >= 15 is 0 Å². The molecule has 0 aromatic heterocycles. The van der Waals surface area contributed by atoms with E-state index in [4.69, 9.17) is 4.74 Å². The minimum Gasteiger partial charge on any atom is -0.491 e. The molecular formula is C14H11BrF10O. The Labute approximate surface area is 149 Å². The van der Waals surface area contributed by atoms with Gasteiger partial charge in [-0.15, -0.1) is 0 Å². The number of halogens is 11. The Hall–Kier alpha value is -1.20. The van der Waals surface area contributed by atoms with Gasteiger partial charge in [-0.3, -0.25) is 0 Å². The number of alkyl halides is 9. The second-order valence-corrected chi connectivity index (χ2v) is 6.15. The molecule has 1 nitrogen and oxygen atoms in total. The number of hydrogen-bond acceptors (Lipinski definition) is 1. The van der Waals surface area contributed by atoms with Crippen LogP contribution in [0.25, 0.3) is 0 Å². The van der Waals surface area contributed by atoms with Gasteiger partial charge in [-0.1, -0.05) is 15.9 Å². The molecule has 0 bridgehead atoms. The third-order valence-electron chi connectivity index (χ3n) is 3.25. The van der Waals surface area contributed by atoms with Crippen LogP contribution < -0.4 is 4.74 Å². The van der Waals surface area contributed by atoms with Crippen molar-refractivity contribution in [2.24, 2.45) is 0 Å². The molecule has 0 atom stereocenters. The predicted molar refractivity (Wildman–Crippen MR) is 74.3 cm³/mol. The summed E-state index contributed by atoms with van der Waals surface area (Å²) in [7, 11) is 0. The number of hydrogen-bond donors (Lipinski definition) is 0. The van der Waals surface area contributed by atoms with E-state index in [-0.39, 0.29) is 5.75 Å². The zero-order valence-corrected chi connectivity index (χ0v) is 14.2. The van der Waals surface area contributed by atoms with E-state index in [0.717, 1.165) is 6.07 Å². The summed E-state index contributed by atoms with van der Waals surface area (Å²) in [6, 6.07) is 3.61. The summed E-state index contributed by atoms with van der Waals surface area (Å²) >= 11 is 2.97. The van der Waals surface area contributed by atoms with Gasteiger partial charge in [-0.2, -0.15) is 39.5 Å². The minimum absolute atomic E-state index is 0.270. The lowest BCUT2D eigenvalue weighted by molar-refractivity contribution is -0.396. The highest BCUT2D eigenvalue weighted by atomic mass is 79.9. The maximum atomic E-state index is 13.4. The van der Waals surface area contributed by atoms with Crippen LogP contribution in [0.1, 0.15) is 19.3 Å². The van der Waals surface area contributed by atoms with E-state index in [1.165, 1.54) is 12.1 Å². The maximum absolute atomic E-state index is 13.4. The van der Waals surface area contributed by atoms with Crippen molar-refractivity contribution in [3.63, 3.8) is 0 Å². The predicted octanol–water partition coefficient (Wildman–Crippen LogP) is 6.61. The molecule has 12 heteroatoms. The Morgan fingerprint density at radius 1 is 0.846 bits per heavy atom. The van der Waals surface area contributed by atoms with Gasteiger partial charge in [0.2, 0.25) is 0 Å². The van der Waals surface area contributed by atoms with E-state index in [1.54, 1.807) is 0 Å². The molecule has 0 spiro atoms. The zero-order valence-electron chi connectivity index (χ0n) is 12.6. The molecule has 150 valence electrons. The summed E-state index contributed by atoms with van der Waals surface area (Å²) in [4.78, 5) is 0. The molecule has 1 rings (SSSR count). The third-order valence-corrected chi connectivity index (χ3v) is 3.74. The number of ether oxygens (including phenoxy) is 1. The Balaban J connectivity index is 2.60. The van der Waals surface area contributed by atoms with Crippen molar-refractivity contribution in [1.82, 2.24) is 0 Å². The normalized spacial score (nSPS) is 13.8. The first-order chi connectivity index (χ1) is 11.6. The van der Waals surface area contributed by atoms with Crippen LogP contribution in [0.5, 0.6) is 5.75 Å². The Morgan fingerprint density at radius 2 is 1.42 bits per heavy atom. The summed E-state index contributed by atoms with van der Waals surface area (Å²) in [6.07, 6.45) is -10.0. The number of rotatable bonds is 8. The van der Waals surface area contributed by atoms with E-state index < -0.39 is 55.6 Å². The van der Waals surface area contributed by atoms with Gasteiger partial charge in [-0.25, -0.2) is 4.39 Å². The highest BCUT2D eigenvalue weighted by Crippen LogP contribution is 2.54. The van der Waals surface area contributed by atoms with Crippen molar-refractivity contribution >= 4 is 15.9 Å². The van der Waals surface area contributed by atoms with E-state index in [2.05, 4.69) is 15.9 Å². The largest absolute Gasteiger partial charge is 0.491 e. The molecule has 0 amide bonds. The third kappa shape index (κ3) is 4.74. The fraction of sp³-hybridized carbons (Fsp3) is 0.571. The van der Waals surface area contributed by atoms with Crippen molar-refractivity contribution in [2.75, 3.05) is 6.61 Å². The van der Waals surface area contributed by atoms with Gasteiger partial charge in [0.05, 0.1) is 6.61 Å². The van der Waals surface area contributed by atoms with Crippen molar-refractivity contribution in [1.29, 1.82) is 0 Å².